The van der Waals surface area contributed by atoms with Crippen molar-refractivity contribution < 1.29 is 17.9 Å². The molecule has 1 aromatic rings. The van der Waals surface area contributed by atoms with Crippen LogP contribution in [0.25, 0.3) is 0 Å². The molecule has 4 nitrogen and oxygen atoms in total. The second-order valence-corrected chi connectivity index (χ2v) is 7.61. The van der Waals surface area contributed by atoms with Crippen LogP contribution in [0.1, 0.15) is 19.8 Å². The van der Waals surface area contributed by atoms with E-state index >= 15 is 0 Å². The van der Waals surface area contributed by atoms with Crippen molar-refractivity contribution in [1.82, 2.24) is 4.31 Å². The lowest BCUT2D eigenvalue weighted by molar-refractivity contribution is -0.0653. The van der Waals surface area contributed by atoms with Crippen molar-refractivity contribution in [3.05, 3.63) is 28.0 Å². The SMILES string of the molecule is CCCC1(O)CN(S(=O)(=O)c2ccc(Cl)c(F)c2Cl)C1. The topological polar surface area (TPSA) is 57.6 Å². The van der Waals surface area contributed by atoms with Gasteiger partial charge in [0, 0.05) is 13.1 Å². The summed E-state index contributed by atoms with van der Waals surface area (Å²) in [6.07, 6.45) is 1.27. The highest BCUT2D eigenvalue weighted by atomic mass is 35.5. The third-order valence-electron chi connectivity index (χ3n) is 3.27. The van der Waals surface area contributed by atoms with Crippen molar-refractivity contribution in [3.8, 4) is 0 Å². The largest absolute Gasteiger partial charge is 0.387 e. The molecule has 0 amide bonds. The minimum atomic E-state index is -3.92. The van der Waals surface area contributed by atoms with Crippen molar-refractivity contribution >= 4 is 33.2 Å². The Kier molecular flexibility index (Phi) is 4.33. The molecule has 20 heavy (non-hydrogen) atoms. The average Bonchev–Trinajstić information content (AvgIpc) is 2.33. The third-order valence-corrected chi connectivity index (χ3v) is 5.88. The van der Waals surface area contributed by atoms with Gasteiger partial charge in [0.15, 0.2) is 5.82 Å². The van der Waals surface area contributed by atoms with Crippen LogP contribution in [0, 0.1) is 5.82 Å². The van der Waals surface area contributed by atoms with Crippen LogP contribution in [0.15, 0.2) is 17.0 Å². The highest BCUT2D eigenvalue weighted by Gasteiger charge is 2.47. The number of hydrogen-bond donors (Lipinski definition) is 1. The molecule has 0 radical (unpaired) electrons. The quantitative estimate of drug-likeness (QED) is 0.856. The molecule has 0 atom stereocenters. The number of halogens is 3. The van der Waals surface area contributed by atoms with E-state index in [1.54, 1.807) is 0 Å². The van der Waals surface area contributed by atoms with Crippen LogP contribution >= 0.6 is 23.2 Å². The van der Waals surface area contributed by atoms with Gasteiger partial charge in [0.1, 0.15) is 4.90 Å². The Morgan fingerprint density at radius 2 is 2.00 bits per heavy atom. The summed E-state index contributed by atoms with van der Waals surface area (Å²) >= 11 is 11.3. The van der Waals surface area contributed by atoms with E-state index in [0.29, 0.717) is 6.42 Å². The molecule has 2 rings (SSSR count). The van der Waals surface area contributed by atoms with Gasteiger partial charge in [-0.25, -0.2) is 12.8 Å². The van der Waals surface area contributed by atoms with Crippen molar-refractivity contribution in [2.24, 2.45) is 0 Å². The minimum Gasteiger partial charge on any atom is -0.387 e. The first-order valence-electron chi connectivity index (χ1n) is 6.07. The molecular weight excluding hydrogens is 328 g/mol. The zero-order valence-corrected chi connectivity index (χ0v) is 13.1. The lowest BCUT2D eigenvalue weighted by Crippen LogP contribution is -2.63. The van der Waals surface area contributed by atoms with E-state index < -0.39 is 26.5 Å². The number of benzene rings is 1. The second-order valence-electron chi connectivity index (χ2n) is 4.92. The van der Waals surface area contributed by atoms with Crippen LogP contribution in [0.4, 0.5) is 4.39 Å². The summed E-state index contributed by atoms with van der Waals surface area (Å²) in [5.74, 6) is -0.959. The number of aliphatic hydroxyl groups is 1. The molecule has 0 unspecified atom stereocenters. The maximum atomic E-state index is 13.6. The molecule has 1 aromatic carbocycles. The molecule has 0 aromatic heterocycles. The molecule has 0 aliphatic carbocycles. The highest BCUT2D eigenvalue weighted by Crippen LogP contribution is 2.36. The van der Waals surface area contributed by atoms with Gasteiger partial charge < -0.3 is 5.11 Å². The second kappa shape index (κ2) is 5.42. The molecule has 1 aliphatic heterocycles. The van der Waals surface area contributed by atoms with Gasteiger partial charge in [0.05, 0.1) is 15.6 Å². The fourth-order valence-electron chi connectivity index (χ4n) is 2.25. The minimum absolute atomic E-state index is 0.0102. The van der Waals surface area contributed by atoms with E-state index in [4.69, 9.17) is 23.2 Å². The summed E-state index contributed by atoms with van der Waals surface area (Å²) in [6, 6.07) is 2.31. The normalized spacial score (nSPS) is 18.9. The number of β-amino-alcohol motifs (C(OH)–C–C–N with tert-alkyl or cyclic N) is 1. The van der Waals surface area contributed by atoms with Gasteiger partial charge in [-0.05, 0) is 18.6 Å². The van der Waals surface area contributed by atoms with E-state index in [9.17, 15) is 17.9 Å². The standard InChI is InChI=1S/C12H14Cl2FNO3S/c1-2-5-12(17)6-16(7-12)20(18,19)9-4-3-8(13)11(15)10(9)14/h3-4,17H,2,5-7H2,1H3. The summed E-state index contributed by atoms with van der Waals surface area (Å²) in [5, 5.41) is 9.26. The summed E-state index contributed by atoms with van der Waals surface area (Å²) < 4.78 is 39.3. The van der Waals surface area contributed by atoms with Gasteiger partial charge in [-0.15, -0.1) is 0 Å². The number of rotatable bonds is 4. The number of nitrogens with zero attached hydrogens (tertiary/aromatic N) is 1. The van der Waals surface area contributed by atoms with Crippen molar-refractivity contribution in [2.75, 3.05) is 13.1 Å². The average molecular weight is 342 g/mol. The van der Waals surface area contributed by atoms with Gasteiger partial charge in [-0.3, -0.25) is 0 Å². The number of sulfonamides is 1. The van der Waals surface area contributed by atoms with E-state index in [1.165, 1.54) is 6.07 Å². The molecule has 1 saturated heterocycles. The van der Waals surface area contributed by atoms with Crippen LogP contribution in [0.2, 0.25) is 10.0 Å². The van der Waals surface area contributed by atoms with Crippen molar-refractivity contribution in [1.29, 1.82) is 0 Å². The maximum absolute atomic E-state index is 13.6. The lowest BCUT2D eigenvalue weighted by Gasteiger charge is -2.45. The molecule has 0 spiro atoms. The molecule has 1 N–H and O–H groups in total. The lowest BCUT2D eigenvalue weighted by atomic mass is 9.92. The zero-order chi connectivity index (χ0) is 15.1. The highest BCUT2D eigenvalue weighted by molar-refractivity contribution is 7.89. The summed E-state index contributed by atoms with van der Waals surface area (Å²) in [7, 11) is -3.92. The molecule has 1 aliphatic rings. The van der Waals surface area contributed by atoms with E-state index in [2.05, 4.69) is 0 Å². The van der Waals surface area contributed by atoms with Crippen molar-refractivity contribution in [2.45, 2.75) is 30.3 Å². The van der Waals surface area contributed by atoms with Crippen LogP contribution in [0.5, 0.6) is 0 Å². The van der Waals surface area contributed by atoms with E-state index in [1.807, 2.05) is 6.92 Å². The molecule has 8 heteroatoms. The van der Waals surface area contributed by atoms with Gasteiger partial charge in [0.25, 0.3) is 0 Å². The zero-order valence-electron chi connectivity index (χ0n) is 10.7. The van der Waals surface area contributed by atoms with Crippen LogP contribution in [-0.4, -0.2) is 36.5 Å². The smallest absolute Gasteiger partial charge is 0.244 e. The summed E-state index contributed by atoms with van der Waals surface area (Å²) in [5.41, 5.74) is -1.00. The molecular formula is C12H14Cl2FNO3S. The van der Waals surface area contributed by atoms with Crippen LogP contribution in [0.3, 0.4) is 0 Å². The Hall–Kier alpha value is -0.400. The molecule has 112 valence electrons. The monoisotopic (exact) mass is 341 g/mol. The predicted molar refractivity (Wildman–Crippen MR) is 75.0 cm³/mol. The molecule has 1 fully saturated rings. The van der Waals surface area contributed by atoms with Gasteiger partial charge in [-0.2, -0.15) is 4.31 Å². The Morgan fingerprint density at radius 1 is 1.40 bits per heavy atom. The number of hydrogen-bond acceptors (Lipinski definition) is 3. The van der Waals surface area contributed by atoms with Crippen LogP contribution < -0.4 is 0 Å². The Labute approximate surface area is 127 Å². The first kappa shape index (κ1) is 16.0. The van der Waals surface area contributed by atoms with Crippen molar-refractivity contribution in [3.63, 3.8) is 0 Å². The molecule has 1 heterocycles. The van der Waals surface area contributed by atoms with Crippen LogP contribution in [-0.2, 0) is 10.0 Å². The summed E-state index contributed by atoms with van der Waals surface area (Å²) in [4.78, 5) is -0.334. The fourth-order valence-corrected chi connectivity index (χ4v) is 4.57. The Morgan fingerprint density at radius 3 is 2.55 bits per heavy atom. The summed E-state index contributed by atoms with van der Waals surface area (Å²) in [6.45, 7) is 1.88. The first-order valence-corrected chi connectivity index (χ1v) is 8.27. The molecule has 0 bridgehead atoms. The van der Waals surface area contributed by atoms with Gasteiger partial charge in [0.2, 0.25) is 10.0 Å². The fraction of sp³-hybridized carbons (Fsp3) is 0.500. The van der Waals surface area contributed by atoms with E-state index in [0.717, 1.165) is 16.8 Å². The molecule has 0 saturated carbocycles. The van der Waals surface area contributed by atoms with Gasteiger partial charge in [-0.1, -0.05) is 36.5 Å². The maximum Gasteiger partial charge on any atom is 0.244 e. The predicted octanol–water partition coefficient (Wildman–Crippen LogP) is 2.67. The van der Waals surface area contributed by atoms with Gasteiger partial charge >= 0.3 is 0 Å². The Balaban J connectivity index is 2.28. The Bertz CT molecular complexity index is 630. The third kappa shape index (κ3) is 2.67. The first-order chi connectivity index (χ1) is 9.21. The van der Waals surface area contributed by atoms with E-state index in [-0.39, 0.29) is 23.0 Å².